The Bertz CT molecular complexity index is 677. The Labute approximate surface area is 131 Å². The fourth-order valence-corrected chi connectivity index (χ4v) is 3.62. The van der Waals surface area contributed by atoms with Crippen LogP contribution in [0.25, 0.3) is 10.8 Å². The summed E-state index contributed by atoms with van der Waals surface area (Å²) in [5, 5.41) is 2.40. The molecule has 1 aliphatic carbocycles. The van der Waals surface area contributed by atoms with E-state index in [1.807, 2.05) is 12.1 Å². The quantitative estimate of drug-likeness (QED) is 0.786. The van der Waals surface area contributed by atoms with Crippen molar-refractivity contribution in [1.82, 2.24) is 0 Å². The summed E-state index contributed by atoms with van der Waals surface area (Å²) in [7, 11) is 1.71. The molecule has 0 radical (unpaired) electrons. The van der Waals surface area contributed by atoms with Crippen LogP contribution in [0.5, 0.6) is 5.75 Å². The lowest BCUT2D eigenvalue weighted by atomic mass is 9.79. The van der Waals surface area contributed by atoms with E-state index in [2.05, 4.69) is 24.3 Å². The molecule has 1 aliphatic rings. The van der Waals surface area contributed by atoms with E-state index >= 15 is 0 Å². The predicted octanol–water partition coefficient (Wildman–Crippen LogP) is 4.44. The molecule has 0 amide bonds. The summed E-state index contributed by atoms with van der Waals surface area (Å²) in [6, 6.07) is 12.4. The number of carbonyl (C=O) groups excluding carboxylic acids is 1. The lowest BCUT2D eigenvalue weighted by Gasteiger charge is -2.32. The van der Waals surface area contributed by atoms with Crippen LogP contribution in [0.2, 0.25) is 0 Å². The van der Waals surface area contributed by atoms with Gasteiger partial charge in [0.15, 0.2) is 0 Å². The molecule has 2 aromatic carbocycles. The highest BCUT2D eigenvalue weighted by Crippen LogP contribution is 2.42. The minimum absolute atomic E-state index is 0.0500. The fraction of sp³-hybridized carbons (Fsp3) is 0.421. The number of rotatable bonds is 3. The van der Waals surface area contributed by atoms with Gasteiger partial charge in [-0.05, 0) is 36.1 Å². The number of methoxy groups -OCH3 is 1. The normalized spacial score (nSPS) is 21.5. The molecule has 2 atom stereocenters. The molecule has 22 heavy (non-hydrogen) atoms. The molecule has 0 aliphatic heterocycles. The lowest BCUT2D eigenvalue weighted by molar-refractivity contribution is -0.148. The van der Waals surface area contributed by atoms with Crippen LogP contribution in [0.3, 0.4) is 0 Å². The molecule has 1 saturated carbocycles. The van der Waals surface area contributed by atoms with E-state index in [0.717, 1.165) is 31.4 Å². The Morgan fingerprint density at radius 2 is 1.86 bits per heavy atom. The summed E-state index contributed by atoms with van der Waals surface area (Å²) < 4.78 is 11.2. The molecule has 3 heteroatoms. The van der Waals surface area contributed by atoms with Crippen molar-refractivity contribution in [3.8, 4) is 5.75 Å². The van der Waals surface area contributed by atoms with Gasteiger partial charge >= 0.3 is 5.97 Å². The van der Waals surface area contributed by atoms with Gasteiger partial charge in [0, 0.05) is 18.4 Å². The SMILES string of the molecule is COc1ccc2ccccc2c1[C@H]1CCCC[C@H]1OC(C)=O. The van der Waals surface area contributed by atoms with Crippen LogP contribution < -0.4 is 4.74 Å². The van der Waals surface area contributed by atoms with Crippen molar-refractivity contribution in [1.29, 1.82) is 0 Å². The molecule has 0 saturated heterocycles. The minimum atomic E-state index is -0.198. The summed E-state index contributed by atoms with van der Waals surface area (Å²) in [4.78, 5) is 11.5. The van der Waals surface area contributed by atoms with Gasteiger partial charge in [-0.25, -0.2) is 0 Å². The number of benzene rings is 2. The summed E-state index contributed by atoms with van der Waals surface area (Å²) in [5.41, 5.74) is 1.19. The summed E-state index contributed by atoms with van der Waals surface area (Å²) in [6.45, 7) is 1.49. The van der Waals surface area contributed by atoms with Gasteiger partial charge < -0.3 is 9.47 Å². The molecular formula is C19H22O3. The van der Waals surface area contributed by atoms with E-state index < -0.39 is 0 Å². The van der Waals surface area contributed by atoms with Gasteiger partial charge in [0.25, 0.3) is 0 Å². The number of fused-ring (bicyclic) bond motifs is 1. The molecule has 3 nitrogen and oxygen atoms in total. The smallest absolute Gasteiger partial charge is 0.302 e. The van der Waals surface area contributed by atoms with Crippen LogP contribution in [0.1, 0.15) is 44.1 Å². The zero-order valence-electron chi connectivity index (χ0n) is 13.2. The van der Waals surface area contributed by atoms with Crippen molar-refractivity contribution in [3.05, 3.63) is 42.0 Å². The zero-order chi connectivity index (χ0) is 15.5. The van der Waals surface area contributed by atoms with Gasteiger partial charge in [0.05, 0.1) is 7.11 Å². The van der Waals surface area contributed by atoms with Crippen LogP contribution in [0, 0.1) is 0 Å². The number of carbonyl (C=O) groups is 1. The van der Waals surface area contributed by atoms with Crippen molar-refractivity contribution in [3.63, 3.8) is 0 Å². The summed E-state index contributed by atoms with van der Waals surface area (Å²) in [5.74, 6) is 0.901. The van der Waals surface area contributed by atoms with Crippen LogP contribution in [-0.2, 0) is 9.53 Å². The average molecular weight is 298 g/mol. The summed E-state index contributed by atoms with van der Waals surface area (Å²) in [6.07, 6.45) is 4.18. The summed E-state index contributed by atoms with van der Waals surface area (Å²) >= 11 is 0. The molecule has 0 N–H and O–H groups in total. The maximum absolute atomic E-state index is 11.5. The Hall–Kier alpha value is -2.03. The van der Waals surface area contributed by atoms with E-state index in [0.29, 0.717) is 0 Å². The molecule has 116 valence electrons. The van der Waals surface area contributed by atoms with Crippen LogP contribution in [0.4, 0.5) is 0 Å². The van der Waals surface area contributed by atoms with Crippen molar-refractivity contribution in [2.75, 3.05) is 7.11 Å². The monoisotopic (exact) mass is 298 g/mol. The van der Waals surface area contributed by atoms with Gasteiger partial charge in [-0.15, -0.1) is 0 Å². The van der Waals surface area contributed by atoms with E-state index in [4.69, 9.17) is 9.47 Å². The first kappa shape index (κ1) is 14.9. The lowest BCUT2D eigenvalue weighted by Crippen LogP contribution is -2.28. The van der Waals surface area contributed by atoms with E-state index in [-0.39, 0.29) is 18.0 Å². The molecule has 0 bridgehead atoms. The predicted molar refractivity (Wildman–Crippen MR) is 87.3 cm³/mol. The molecule has 0 aromatic heterocycles. The molecular weight excluding hydrogens is 276 g/mol. The molecule has 0 heterocycles. The van der Waals surface area contributed by atoms with Gasteiger partial charge in [-0.2, -0.15) is 0 Å². The minimum Gasteiger partial charge on any atom is -0.496 e. The maximum atomic E-state index is 11.5. The fourth-order valence-electron chi connectivity index (χ4n) is 3.62. The van der Waals surface area contributed by atoms with Crippen molar-refractivity contribution in [2.45, 2.75) is 44.6 Å². The first-order valence-corrected chi connectivity index (χ1v) is 7.93. The van der Waals surface area contributed by atoms with E-state index in [1.165, 1.54) is 23.3 Å². The number of hydrogen-bond donors (Lipinski definition) is 0. The van der Waals surface area contributed by atoms with Crippen LogP contribution >= 0.6 is 0 Å². The van der Waals surface area contributed by atoms with Crippen molar-refractivity contribution >= 4 is 16.7 Å². The maximum Gasteiger partial charge on any atom is 0.302 e. The third-order valence-electron chi connectivity index (χ3n) is 4.54. The van der Waals surface area contributed by atoms with E-state index in [1.54, 1.807) is 7.11 Å². The Morgan fingerprint density at radius 3 is 2.64 bits per heavy atom. The topological polar surface area (TPSA) is 35.5 Å². The number of ether oxygens (including phenoxy) is 2. The molecule has 1 fully saturated rings. The molecule has 2 aromatic rings. The highest BCUT2D eigenvalue weighted by atomic mass is 16.5. The third kappa shape index (κ3) is 2.80. The zero-order valence-corrected chi connectivity index (χ0v) is 13.2. The van der Waals surface area contributed by atoms with Gasteiger partial charge in [0.2, 0.25) is 0 Å². The first-order valence-electron chi connectivity index (χ1n) is 7.93. The average Bonchev–Trinajstić information content (AvgIpc) is 2.54. The second-order valence-electron chi connectivity index (χ2n) is 5.94. The number of hydrogen-bond acceptors (Lipinski definition) is 3. The Morgan fingerprint density at radius 1 is 1.09 bits per heavy atom. The largest absolute Gasteiger partial charge is 0.496 e. The van der Waals surface area contributed by atoms with Gasteiger partial charge in [-0.1, -0.05) is 36.8 Å². The highest BCUT2D eigenvalue weighted by Gasteiger charge is 2.32. The van der Waals surface area contributed by atoms with Gasteiger partial charge in [-0.3, -0.25) is 4.79 Å². The second-order valence-corrected chi connectivity index (χ2v) is 5.94. The Balaban J connectivity index is 2.11. The second kappa shape index (κ2) is 6.39. The Kier molecular flexibility index (Phi) is 4.32. The standard InChI is InChI=1S/C19H22O3/c1-13(20)22-17-10-6-5-9-16(17)19-15-8-4-3-7-14(15)11-12-18(19)21-2/h3-4,7-8,11-12,16-17H,5-6,9-10H2,1-2H3/t16-,17+/m0/s1. The van der Waals surface area contributed by atoms with Crippen molar-refractivity contribution in [2.24, 2.45) is 0 Å². The molecule has 0 spiro atoms. The highest BCUT2D eigenvalue weighted by molar-refractivity contribution is 5.88. The van der Waals surface area contributed by atoms with Crippen LogP contribution in [0.15, 0.2) is 36.4 Å². The van der Waals surface area contributed by atoms with Crippen LogP contribution in [-0.4, -0.2) is 19.2 Å². The van der Waals surface area contributed by atoms with Gasteiger partial charge in [0.1, 0.15) is 11.9 Å². The first-order chi connectivity index (χ1) is 10.7. The number of esters is 1. The molecule has 3 rings (SSSR count). The van der Waals surface area contributed by atoms with E-state index in [9.17, 15) is 4.79 Å². The molecule has 0 unspecified atom stereocenters. The van der Waals surface area contributed by atoms with Crippen molar-refractivity contribution < 1.29 is 14.3 Å². The third-order valence-corrected chi connectivity index (χ3v) is 4.54.